The van der Waals surface area contributed by atoms with E-state index in [-0.39, 0.29) is 5.97 Å². The monoisotopic (exact) mass is 376 g/mol. The Balaban J connectivity index is 2.03. The molecule has 8 heteroatoms. The molecule has 1 unspecified atom stereocenters. The van der Waals surface area contributed by atoms with Crippen LogP contribution in [0.15, 0.2) is 12.2 Å². The Kier molecular flexibility index (Phi) is 11.0. The van der Waals surface area contributed by atoms with E-state index in [1.54, 1.807) is 6.92 Å². The van der Waals surface area contributed by atoms with Crippen LogP contribution in [-0.2, 0) is 19.0 Å². The third-order valence-electron chi connectivity index (χ3n) is 4.25. The summed E-state index contributed by atoms with van der Waals surface area (Å²) in [6.45, 7) is 5.43. The van der Waals surface area contributed by atoms with E-state index in [0.717, 1.165) is 38.5 Å². The second-order valence-corrected chi connectivity index (χ2v) is 6.61. The van der Waals surface area contributed by atoms with Crippen molar-refractivity contribution in [3.63, 3.8) is 0 Å². The summed E-state index contributed by atoms with van der Waals surface area (Å²) in [5, 5.41) is 38.3. The van der Waals surface area contributed by atoms with Crippen LogP contribution in [0.3, 0.4) is 0 Å². The number of hydrogen-bond donors (Lipinski definition) is 4. The first kappa shape index (κ1) is 23.0. The molecule has 0 aromatic rings. The minimum Gasteiger partial charge on any atom is -0.462 e. The normalized spacial score (nSPS) is 28.7. The molecule has 1 rings (SSSR count). The number of rotatable bonds is 12. The number of carbonyl (C=O) groups excluding carboxylic acids is 1. The van der Waals surface area contributed by atoms with Gasteiger partial charge in [-0.15, -0.1) is 0 Å². The smallest absolute Gasteiger partial charge is 0.333 e. The maximum atomic E-state index is 11.2. The number of esters is 1. The standard InChI is InChI=1S/C18H32O8/c1-12(2)17(23)24-9-7-5-3-4-6-8-10-25-18-16(22)15(21)14(20)13(11-19)26-18/h13-16,18-22H,1,3-11H2,2H3/t13-,14-,15+,16-,18?/m1/s1. The molecular weight excluding hydrogens is 344 g/mol. The van der Waals surface area contributed by atoms with Gasteiger partial charge in [-0.05, 0) is 19.8 Å². The molecule has 1 aliphatic rings. The second-order valence-electron chi connectivity index (χ2n) is 6.61. The fraction of sp³-hybridized carbons (Fsp3) is 0.833. The van der Waals surface area contributed by atoms with E-state index in [2.05, 4.69) is 6.58 Å². The summed E-state index contributed by atoms with van der Waals surface area (Å²) in [4.78, 5) is 11.2. The summed E-state index contributed by atoms with van der Waals surface area (Å²) >= 11 is 0. The molecule has 1 aliphatic heterocycles. The lowest BCUT2D eigenvalue weighted by Gasteiger charge is -2.39. The van der Waals surface area contributed by atoms with Crippen LogP contribution in [0, 0.1) is 0 Å². The van der Waals surface area contributed by atoms with Gasteiger partial charge in [0, 0.05) is 12.2 Å². The van der Waals surface area contributed by atoms with Gasteiger partial charge >= 0.3 is 5.97 Å². The molecule has 1 fully saturated rings. The SMILES string of the molecule is C=C(C)C(=O)OCCCCCCCCOC1O[C@H](CO)[C@@H](O)[C@H](O)[C@H]1O. The number of ether oxygens (including phenoxy) is 3. The second kappa shape index (κ2) is 12.4. The number of aliphatic hydroxyl groups is 4. The molecule has 0 saturated carbocycles. The molecule has 0 radical (unpaired) electrons. The maximum absolute atomic E-state index is 11.2. The zero-order chi connectivity index (χ0) is 19.5. The first-order valence-electron chi connectivity index (χ1n) is 9.13. The number of hydrogen-bond acceptors (Lipinski definition) is 8. The molecule has 8 nitrogen and oxygen atoms in total. The molecule has 0 aliphatic carbocycles. The maximum Gasteiger partial charge on any atom is 0.333 e. The van der Waals surface area contributed by atoms with Crippen LogP contribution in [0.25, 0.3) is 0 Å². The molecule has 1 heterocycles. The van der Waals surface area contributed by atoms with Crippen LogP contribution in [0.5, 0.6) is 0 Å². The molecule has 0 aromatic carbocycles. The summed E-state index contributed by atoms with van der Waals surface area (Å²) in [6.07, 6.45) is -0.632. The van der Waals surface area contributed by atoms with Crippen LogP contribution < -0.4 is 0 Å². The first-order chi connectivity index (χ1) is 12.4. The van der Waals surface area contributed by atoms with Crippen LogP contribution in [0.1, 0.15) is 45.4 Å². The Labute approximate surface area is 154 Å². The first-order valence-corrected chi connectivity index (χ1v) is 9.13. The molecule has 5 atom stereocenters. The quantitative estimate of drug-likeness (QED) is 0.217. The minimum absolute atomic E-state index is 0.346. The van der Waals surface area contributed by atoms with Gasteiger partial charge in [0.15, 0.2) is 6.29 Å². The van der Waals surface area contributed by atoms with E-state index in [9.17, 15) is 20.1 Å². The van der Waals surface area contributed by atoms with E-state index >= 15 is 0 Å². The van der Waals surface area contributed by atoms with E-state index in [4.69, 9.17) is 19.3 Å². The Morgan fingerprint density at radius 1 is 0.962 bits per heavy atom. The van der Waals surface area contributed by atoms with Gasteiger partial charge in [0.2, 0.25) is 0 Å². The lowest BCUT2D eigenvalue weighted by molar-refractivity contribution is -0.301. The molecule has 0 spiro atoms. The van der Waals surface area contributed by atoms with Crippen LogP contribution in [-0.4, -0.2) is 76.9 Å². The van der Waals surface area contributed by atoms with Gasteiger partial charge in [0.25, 0.3) is 0 Å². The van der Waals surface area contributed by atoms with Crippen molar-refractivity contribution in [1.82, 2.24) is 0 Å². The Morgan fingerprint density at radius 3 is 2.12 bits per heavy atom. The number of unbranched alkanes of at least 4 members (excludes halogenated alkanes) is 5. The lowest BCUT2D eigenvalue weighted by atomic mass is 9.99. The highest BCUT2D eigenvalue weighted by molar-refractivity contribution is 5.86. The lowest BCUT2D eigenvalue weighted by Crippen LogP contribution is -2.59. The van der Waals surface area contributed by atoms with Gasteiger partial charge < -0.3 is 34.6 Å². The summed E-state index contributed by atoms with van der Waals surface area (Å²) in [6, 6.07) is 0. The fourth-order valence-electron chi connectivity index (χ4n) is 2.60. The third-order valence-corrected chi connectivity index (χ3v) is 4.25. The summed E-state index contributed by atoms with van der Waals surface area (Å²) in [5.41, 5.74) is 0.407. The summed E-state index contributed by atoms with van der Waals surface area (Å²) in [7, 11) is 0. The van der Waals surface area contributed by atoms with Gasteiger partial charge in [0.05, 0.1) is 13.2 Å². The van der Waals surface area contributed by atoms with Crippen molar-refractivity contribution in [2.75, 3.05) is 19.8 Å². The Bertz CT molecular complexity index is 425. The van der Waals surface area contributed by atoms with E-state index in [1.807, 2.05) is 0 Å². The molecule has 1 saturated heterocycles. The number of aliphatic hydroxyl groups excluding tert-OH is 4. The summed E-state index contributed by atoms with van der Waals surface area (Å²) in [5.74, 6) is -0.352. The summed E-state index contributed by atoms with van der Waals surface area (Å²) < 4.78 is 15.7. The average Bonchev–Trinajstić information content (AvgIpc) is 2.62. The molecule has 152 valence electrons. The van der Waals surface area contributed by atoms with Crippen molar-refractivity contribution in [3.8, 4) is 0 Å². The van der Waals surface area contributed by atoms with Crippen LogP contribution >= 0.6 is 0 Å². The van der Waals surface area contributed by atoms with E-state index in [0.29, 0.717) is 18.8 Å². The van der Waals surface area contributed by atoms with E-state index < -0.39 is 37.3 Å². The fourth-order valence-corrected chi connectivity index (χ4v) is 2.60. The van der Waals surface area contributed by atoms with Crippen molar-refractivity contribution < 1.29 is 39.4 Å². The van der Waals surface area contributed by atoms with Gasteiger partial charge in [-0.1, -0.05) is 32.3 Å². The Hall–Kier alpha value is -1.03. The molecule has 0 bridgehead atoms. The predicted molar refractivity (Wildman–Crippen MR) is 93.2 cm³/mol. The number of carbonyl (C=O) groups is 1. The Morgan fingerprint density at radius 2 is 1.54 bits per heavy atom. The molecular formula is C18H32O8. The van der Waals surface area contributed by atoms with Gasteiger partial charge in [-0.25, -0.2) is 4.79 Å². The van der Waals surface area contributed by atoms with Crippen molar-refractivity contribution in [2.45, 2.75) is 76.2 Å². The largest absolute Gasteiger partial charge is 0.462 e. The van der Waals surface area contributed by atoms with Crippen molar-refractivity contribution in [3.05, 3.63) is 12.2 Å². The molecule has 26 heavy (non-hydrogen) atoms. The highest BCUT2D eigenvalue weighted by Crippen LogP contribution is 2.22. The molecule has 0 amide bonds. The predicted octanol–water partition coefficient (Wildman–Crippen LogP) is 0.263. The molecule has 0 aromatic heterocycles. The van der Waals surface area contributed by atoms with Gasteiger partial charge in [-0.2, -0.15) is 0 Å². The van der Waals surface area contributed by atoms with Crippen molar-refractivity contribution in [1.29, 1.82) is 0 Å². The highest BCUT2D eigenvalue weighted by atomic mass is 16.7. The van der Waals surface area contributed by atoms with Gasteiger partial charge in [-0.3, -0.25) is 0 Å². The van der Waals surface area contributed by atoms with E-state index in [1.165, 1.54) is 0 Å². The molecule has 4 N–H and O–H groups in total. The van der Waals surface area contributed by atoms with Crippen molar-refractivity contribution >= 4 is 5.97 Å². The highest BCUT2D eigenvalue weighted by Gasteiger charge is 2.43. The van der Waals surface area contributed by atoms with Crippen LogP contribution in [0.2, 0.25) is 0 Å². The zero-order valence-corrected chi connectivity index (χ0v) is 15.4. The zero-order valence-electron chi connectivity index (χ0n) is 15.4. The van der Waals surface area contributed by atoms with Gasteiger partial charge in [0.1, 0.15) is 24.4 Å². The average molecular weight is 376 g/mol. The topological polar surface area (TPSA) is 126 Å². The van der Waals surface area contributed by atoms with Crippen LogP contribution in [0.4, 0.5) is 0 Å². The minimum atomic E-state index is -1.41. The van der Waals surface area contributed by atoms with Crippen molar-refractivity contribution in [2.24, 2.45) is 0 Å². The third kappa shape index (κ3) is 7.69.